The van der Waals surface area contributed by atoms with Gasteiger partial charge in [0.15, 0.2) is 0 Å². The van der Waals surface area contributed by atoms with Gasteiger partial charge in [0.2, 0.25) is 5.91 Å². The van der Waals surface area contributed by atoms with Gasteiger partial charge < -0.3 is 15.5 Å². The lowest BCUT2D eigenvalue weighted by molar-refractivity contribution is -0.133. The summed E-state index contributed by atoms with van der Waals surface area (Å²) in [7, 11) is -2.39. The topological polar surface area (TPSA) is 140 Å². The fourth-order valence-electron chi connectivity index (χ4n) is 5.11. The Balaban J connectivity index is 0.000000289. The SMILES string of the molecule is CNC(=O)c1cc(C)c([C@@H]2CN[C@H](C(=O)N3CCC[C@H]3C#N)C2)c(C)c1.Cc1ccc(S(=O)(=O)O)cc1. The van der Waals surface area contributed by atoms with Crippen molar-refractivity contribution in [2.45, 2.75) is 62.9 Å². The molecule has 2 aromatic rings. The van der Waals surface area contributed by atoms with Crippen molar-refractivity contribution in [1.29, 1.82) is 5.26 Å². The number of likely N-dealkylation sites (tertiary alicyclic amines) is 1. The molecular formula is C27H34N4O5S. The van der Waals surface area contributed by atoms with E-state index in [1.165, 1.54) is 17.7 Å². The molecule has 2 aromatic carbocycles. The molecule has 0 radical (unpaired) electrons. The zero-order valence-corrected chi connectivity index (χ0v) is 22.4. The predicted molar refractivity (Wildman–Crippen MR) is 140 cm³/mol. The number of nitrogens with one attached hydrogen (secondary N) is 2. The van der Waals surface area contributed by atoms with E-state index in [0.29, 0.717) is 12.1 Å². The fourth-order valence-corrected chi connectivity index (χ4v) is 5.59. The molecular weight excluding hydrogens is 492 g/mol. The maximum absolute atomic E-state index is 12.8. The highest BCUT2D eigenvalue weighted by Gasteiger charge is 2.38. The molecule has 2 aliphatic heterocycles. The highest BCUT2D eigenvalue weighted by atomic mass is 32.2. The fraction of sp³-hybridized carbons (Fsp3) is 0.444. The van der Waals surface area contributed by atoms with Gasteiger partial charge in [0, 0.05) is 25.7 Å². The highest BCUT2D eigenvalue weighted by Crippen LogP contribution is 2.33. The van der Waals surface area contributed by atoms with Crippen LogP contribution < -0.4 is 10.6 Å². The molecule has 0 aromatic heterocycles. The van der Waals surface area contributed by atoms with Gasteiger partial charge in [-0.3, -0.25) is 14.1 Å². The van der Waals surface area contributed by atoms with Crippen molar-refractivity contribution >= 4 is 21.9 Å². The second-order valence-corrected chi connectivity index (χ2v) is 11.0. The first kappa shape index (κ1) is 28.3. The van der Waals surface area contributed by atoms with Crippen LogP contribution in [-0.2, 0) is 14.9 Å². The van der Waals surface area contributed by atoms with E-state index in [1.807, 2.05) is 32.9 Å². The van der Waals surface area contributed by atoms with Gasteiger partial charge in [-0.25, -0.2) is 0 Å². The summed E-state index contributed by atoms with van der Waals surface area (Å²) >= 11 is 0. The molecule has 0 unspecified atom stereocenters. The number of carbonyl (C=O) groups excluding carboxylic acids is 2. The van der Waals surface area contributed by atoms with Crippen LogP contribution in [0, 0.1) is 32.1 Å². The van der Waals surface area contributed by atoms with E-state index in [4.69, 9.17) is 4.55 Å². The monoisotopic (exact) mass is 526 g/mol. The average molecular weight is 527 g/mol. The number of amides is 2. The first-order chi connectivity index (χ1) is 17.5. The van der Waals surface area contributed by atoms with E-state index in [2.05, 4.69) is 16.7 Å². The molecule has 37 heavy (non-hydrogen) atoms. The van der Waals surface area contributed by atoms with E-state index >= 15 is 0 Å². The lowest BCUT2D eigenvalue weighted by atomic mass is 9.87. The second kappa shape index (κ2) is 11.9. The third-order valence-corrected chi connectivity index (χ3v) is 7.79. The standard InChI is InChI=1S/C20H26N4O2.C7H8O3S/c1-12-7-14(19(25)22-3)8-13(2)18(12)15-9-17(23-11-15)20(26)24-6-4-5-16(24)10-21;1-6-2-4-7(5-3-6)11(8,9)10/h7-8,15-17,23H,4-6,9,11H2,1-3H3,(H,22,25);2-5H,1H3,(H,8,9,10)/t15-,16-,17-;/m0./s1. The lowest BCUT2D eigenvalue weighted by Crippen LogP contribution is -2.45. The Kier molecular flexibility index (Phi) is 9.07. The first-order valence-electron chi connectivity index (χ1n) is 12.3. The largest absolute Gasteiger partial charge is 0.355 e. The van der Waals surface area contributed by atoms with E-state index in [9.17, 15) is 23.3 Å². The van der Waals surface area contributed by atoms with Crippen molar-refractivity contribution in [3.63, 3.8) is 0 Å². The van der Waals surface area contributed by atoms with Crippen molar-refractivity contribution < 1.29 is 22.6 Å². The number of rotatable bonds is 4. The third kappa shape index (κ3) is 6.74. The van der Waals surface area contributed by atoms with Gasteiger partial charge in [0.05, 0.1) is 17.0 Å². The van der Waals surface area contributed by atoms with Crippen LogP contribution in [0.3, 0.4) is 0 Å². The molecule has 9 nitrogen and oxygen atoms in total. The van der Waals surface area contributed by atoms with Crippen LogP contribution in [0.15, 0.2) is 41.3 Å². The summed E-state index contributed by atoms with van der Waals surface area (Å²) in [6.07, 6.45) is 2.41. The molecule has 0 aliphatic carbocycles. The molecule has 3 N–H and O–H groups in total. The molecule has 10 heteroatoms. The number of aryl methyl sites for hydroxylation is 3. The molecule has 3 atom stereocenters. The summed E-state index contributed by atoms with van der Waals surface area (Å²) in [4.78, 5) is 26.4. The Hall–Kier alpha value is -3.26. The van der Waals surface area contributed by atoms with E-state index in [1.54, 1.807) is 24.1 Å². The Morgan fingerprint density at radius 2 is 1.76 bits per heavy atom. The Bertz CT molecular complexity index is 1280. The normalized spacial score (nSPS) is 21.1. The zero-order valence-electron chi connectivity index (χ0n) is 21.6. The van der Waals surface area contributed by atoms with Crippen LogP contribution >= 0.6 is 0 Å². The van der Waals surface area contributed by atoms with Crippen LogP contribution in [0.2, 0.25) is 0 Å². The summed E-state index contributed by atoms with van der Waals surface area (Å²) in [6.45, 7) is 7.31. The summed E-state index contributed by atoms with van der Waals surface area (Å²) in [5.41, 5.74) is 5.01. The number of nitrogens with zero attached hydrogens (tertiary/aromatic N) is 2. The molecule has 0 saturated carbocycles. The second-order valence-electron chi connectivity index (χ2n) is 9.60. The van der Waals surface area contributed by atoms with Crippen LogP contribution in [0.1, 0.15) is 57.8 Å². The van der Waals surface area contributed by atoms with Crippen LogP contribution in [0.4, 0.5) is 0 Å². The first-order valence-corrected chi connectivity index (χ1v) is 13.7. The maximum Gasteiger partial charge on any atom is 0.294 e. The summed E-state index contributed by atoms with van der Waals surface area (Å²) < 4.78 is 29.6. The molecule has 198 valence electrons. The van der Waals surface area contributed by atoms with Crippen molar-refractivity contribution in [3.05, 3.63) is 64.2 Å². The van der Waals surface area contributed by atoms with Gasteiger partial charge in [-0.05, 0) is 86.9 Å². The number of carbonyl (C=O) groups is 2. The molecule has 2 aliphatic rings. The van der Waals surface area contributed by atoms with E-state index < -0.39 is 10.1 Å². The Labute approximate surface area is 218 Å². The number of hydrogen-bond acceptors (Lipinski definition) is 6. The Morgan fingerprint density at radius 3 is 2.30 bits per heavy atom. The van der Waals surface area contributed by atoms with Gasteiger partial charge in [-0.2, -0.15) is 13.7 Å². The highest BCUT2D eigenvalue weighted by molar-refractivity contribution is 7.85. The van der Waals surface area contributed by atoms with Gasteiger partial charge >= 0.3 is 0 Å². The summed E-state index contributed by atoms with van der Waals surface area (Å²) in [5.74, 6) is 0.205. The van der Waals surface area contributed by atoms with Crippen LogP contribution in [0.25, 0.3) is 0 Å². The number of hydrogen-bond donors (Lipinski definition) is 3. The van der Waals surface area contributed by atoms with Gasteiger partial charge in [0.1, 0.15) is 6.04 Å². The number of benzene rings is 2. The van der Waals surface area contributed by atoms with Crippen molar-refractivity contribution in [2.24, 2.45) is 0 Å². The zero-order chi connectivity index (χ0) is 27.3. The smallest absolute Gasteiger partial charge is 0.294 e. The molecule has 2 heterocycles. The summed E-state index contributed by atoms with van der Waals surface area (Å²) in [6, 6.07) is 11.6. The third-order valence-electron chi connectivity index (χ3n) is 6.92. The van der Waals surface area contributed by atoms with E-state index in [-0.39, 0.29) is 34.7 Å². The minimum Gasteiger partial charge on any atom is -0.355 e. The van der Waals surface area contributed by atoms with Crippen LogP contribution in [-0.4, -0.2) is 61.9 Å². The Morgan fingerprint density at radius 1 is 1.14 bits per heavy atom. The molecule has 0 spiro atoms. The number of nitriles is 1. The van der Waals surface area contributed by atoms with Gasteiger partial charge in [-0.1, -0.05) is 17.7 Å². The van der Waals surface area contributed by atoms with Crippen molar-refractivity contribution in [2.75, 3.05) is 20.1 Å². The van der Waals surface area contributed by atoms with Crippen LogP contribution in [0.5, 0.6) is 0 Å². The minimum atomic E-state index is -4.02. The molecule has 0 bridgehead atoms. The lowest BCUT2D eigenvalue weighted by Gasteiger charge is -2.23. The minimum absolute atomic E-state index is 0.0498. The van der Waals surface area contributed by atoms with E-state index in [0.717, 1.165) is 42.5 Å². The van der Waals surface area contributed by atoms with Gasteiger partial charge in [-0.15, -0.1) is 0 Å². The molecule has 2 fully saturated rings. The molecule has 2 amide bonds. The molecule has 2 saturated heterocycles. The quantitative estimate of drug-likeness (QED) is 0.521. The average Bonchev–Trinajstić information content (AvgIpc) is 3.53. The van der Waals surface area contributed by atoms with Crippen molar-refractivity contribution in [1.82, 2.24) is 15.5 Å². The predicted octanol–water partition coefficient (Wildman–Crippen LogP) is 2.86. The van der Waals surface area contributed by atoms with Gasteiger partial charge in [0.25, 0.3) is 16.0 Å². The molecule has 4 rings (SSSR count). The van der Waals surface area contributed by atoms with Crippen molar-refractivity contribution in [3.8, 4) is 6.07 Å². The summed E-state index contributed by atoms with van der Waals surface area (Å²) in [5, 5.41) is 15.2. The maximum atomic E-state index is 12.8.